The molecule has 1 fully saturated rings. The summed E-state index contributed by atoms with van der Waals surface area (Å²) in [5, 5.41) is 13.5. The maximum atomic E-state index is 12.8. The quantitative estimate of drug-likeness (QED) is 0.256. The molecule has 1 heterocycles. The minimum atomic E-state index is -0.542. The SMILES string of the molecule is Cc1ccc(NC(=O)COc2ccc(C=C3SC(=O)N(Cc4ccccc4[N+](=O)[O-])C3=O)cc2)cc1. The topological polar surface area (TPSA) is 119 Å². The van der Waals surface area contributed by atoms with Crippen molar-refractivity contribution < 1.29 is 24.0 Å². The molecule has 1 N–H and O–H groups in total. The zero-order valence-corrected chi connectivity index (χ0v) is 20.0. The minimum absolute atomic E-state index is 0.149. The molecule has 9 nitrogen and oxygen atoms in total. The lowest BCUT2D eigenvalue weighted by Gasteiger charge is -2.12. The number of para-hydroxylation sites is 1. The number of aryl methyl sites for hydroxylation is 1. The van der Waals surface area contributed by atoms with Gasteiger partial charge in [-0.25, -0.2) is 0 Å². The second-order valence-electron chi connectivity index (χ2n) is 7.93. The molecule has 0 spiro atoms. The fraction of sp³-hybridized carbons (Fsp3) is 0.115. The van der Waals surface area contributed by atoms with Crippen LogP contribution in [0.3, 0.4) is 0 Å². The molecular formula is C26H21N3O6S. The van der Waals surface area contributed by atoms with Crippen LogP contribution in [0.25, 0.3) is 6.08 Å². The molecule has 1 aliphatic heterocycles. The fourth-order valence-electron chi connectivity index (χ4n) is 3.42. The van der Waals surface area contributed by atoms with E-state index in [4.69, 9.17) is 4.74 Å². The highest BCUT2D eigenvalue weighted by Crippen LogP contribution is 2.34. The van der Waals surface area contributed by atoms with Gasteiger partial charge in [-0.15, -0.1) is 0 Å². The second kappa shape index (κ2) is 10.9. The molecule has 4 rings (SSSR count). The van der Waals surface area contributed by atoms with E-state index in [1.165, 1.54) is 18.2 Å². The van der Waals surface area contributed by atoms with Gasteiger partial charge in [0.1, 0.15) is 5.75 Å². The van der Waals surface area contributed by atoms with Gasteiger partial charge < -0.3 is 10.1 Å². The largest absolute Gasteiger partial charge is 0.484 e. The van der Waals surface area contributed by atoms with E-state index in [0.717, 1.165) is 22.2 Å². The molecule has 36 heavy (non-hydrogen) atoms. The fourth-order valence-corrected chi connectivity index (χ4v) is 4.26. The van der Waals surface area contributed by atoms with Crippen molar-refractivity contribution >= 4 is 46.3 Å². The van der Waals surface area contributed by atoms with Crippen molar-refractivity contribution in [1.29, 1.82) is 0 Å². The smallest absolute Gasteiger partial charge is 0.293 e. The first-order valence-electron chi connectivity index (χ1n) is 10.9. The number of benzene rings is 3. The Morgan fingerprint density at radius 3 is 2.44 bits per heavy atom. The number of nitro benzene ring substituents is 1. The standard InChI is InChI=1S/C26H21N3O6S/c1-17-6-10-20(11-7-17)27-24(30)16-35-21-12-8-18(9-13-21)14-23-25(31)28(26(32)36-23)15-19-4-2-3-5-22(19)29(33)34/h2-14H,15-16H2,1H3,(H,27,30). The Hall–Kier alpha value is -4.44. The molecule has 1 saturated heterocycles. The van der Waals surface area contributed by atoms with Crippen molar-refractivity contribution in [2.24, 2.45) is 0 Å². The van der Waals surface area contributed by atoms with Gasteiger partial charge in [0.15, 0.2) is 6.61 Å². The van der Waals surface area contributed by atoms with E-state index in [2.05, 4.69) is 5.32 Å². The lowest BCUT2D eigenvalue weighted by molar-refractivity contribution is -0.385. The summed E-state index contributed by atoms with van der Waals surface area (Å²) in [5.74, 6) is -0.345. The van der Waals surface area contributed by atoms with Crippen LogP contribution in [-0.2, 0) is 16.1 Å². The van der Waals surface area contributed by atoms with Crippen molar-refractivity contribution in [3.63, 3.8) is 0 Å². The summed E-state index contributed by atoms with van der Waals surface area (Å²) >= 11 is 0.775. The van der Waals surface area contributed by atoms with Crippen LogP contribution in [0, 0.1) is 17.0 Å². The van der Waals surface area contributed by atoms with Crippen molar-refractivity contribution in [3.05, 3.63) is 105 Å². The number of anilines is 1. The second-order valence-corrected chi connectivity index (χ2v) is 8.92. The molecule has 0 bridgehead atoms. The van der Waals surface area contributed by atoms with E-state index in [-0.39, 0.29) is 35.2 Å². The first kappa shape index (κ1) is 24.7. The summed E-state index contributed by atoms with van der Waals surface area (Å²) in [4.78, 5) is 49.2. The molecule has 0 aromatic heterocycles. The first-order chi connectivity index (χ1) is 17.3. The molecule has 0 unspecified atom stereocenters. The van der Waals surface area contributed by atoms with Gasteiger partial charge in [0.05, 0.1) is 16.4 Å². The van der Waals surface area contributed by atoms with Crippen LogP contribution in [0.2, 0.25) is 0 Å². The Bertz CT molecular complexity index is 1350. The highest BCUT2D eigenvalue weighted by molar-refractivity contribution is 8.18. The average Bonchev–Trinajstić information content (AvgIpc) is 3.12. The predicted octanol–water partition coefficient (Wildman–Crippen LogP) is 5.16. The summed E-state index contributed by atoms with van der Waals surface area (Å²) in [5.41, 5.74) is 2.56. The summed E-state index contributed by atoms with van der Waals surface area (Å²) in [7, 11) is 0. The number of hydrogen-bond acceptors (Lipinski definition) is 7. The summed E-state index contributed by atoms with van der Waals surface area (Å²) in [6.45, 7) is 1.61. The highest BCUT2D eigenvalue weighted by atomic mass is 32.2. The number of thioether (sulfide) groups is 1. The van der Waals surface area contributed by atoms with Crippen LogP contribution < -0.4 is 10.1 Å². The molecule has 3 aromatic carbocycles. The van der Waals surface area contributed by atoms with E-state index >= 15 is 0 Å². The van der Waals surface area contributed by atoms with Gasteiger partial charge in [-0.3, -0.25) is 29.4 Å². The number of nitrogens with zero attached hydrogens (tertiary/aromatic N) is 2. The van der Waals surface area contributed by atoms with Gasteiger partial charge in [-0.1, -0.05) is 48.0 Å². The number of amides is 3. The first-order valence-corrected chi connectivity index (χ1v) is 11.7. The van der Waals surface area contributed by atoms with Gasteiger partial charge in [-0.05, 0) is 54.6 Å². The van der Waals surface area contributed by atoms with Crippen LogP contribution in [0.5, 0.6) is 5.75 Å². The molecule has 0 saturated carbocycles. The molecule has 0 radical (unpaired) electrons. The lowest BCUT2D eigenvalue weighted by Crippen LogP contribution is -2.27. The molecule has 3 amide bonds. The zero-order valence-electron chi connectivity index (χ0n) is 19.2. The molecule has 0 atom stereocenters. The Balaban J connectivity index is 1.36. The van der Waals surface area contributed by atoms with Gasteiger partial charge >= 0.3 is 0 Å². The number of nitro groups is 1. The number of rotatable bonds is 8. The average molecular weight is 504 g/mol. The number of ether oxygens (including phenoxy) is 1. The van der Waals surface area contributed by atoms with Crippen molar-refractivity contribution in [1.82, 2.24) is 4.90 Å². The van der Waals surface area contributed by atoms with Crippen LogP contribution in [-0.4, -0.2) is 33.5 Å². The van der Waals surface area contributed by atoms with Gasteiger partial charge in [-0.2, -0.15) is 0 Å². The molecule has 182 valence electrons. The number of carbonyl (C=O) groups excluding carboxylic acids is 3. The Morgan fingerprint density at radius 2 is 1.75 bits per heavy atom. The molecule has 1 aliphatic rings. The third-order valence-corrected chi connectivity index (χ3v) is 6.18. The maximum absolute atomic E-state index is 12.8. The van der Waals surface area contributed by atoms with E-state index in [0.29, 0.717) is 17.0 Å². The Kier molecular flexibility index (Phi) is 7.45. The van der Waals surface area contributed by atoms with E-state index in [1.54, 1.807) is 36.4 Å². The number of nitrogens with one attached hydrogen (secondary N) is 1. The van der Waals surface area contributed by atoms with E-state index < -0.39 is 16.1 Å². The molecule has 3 aromatic rings. The van der Waals surface area contributed by atoms with Crippen LogP contribution in [0.1, 0.15) is 16.7 Å². The van der Waals surface area contributed by atoms with Crippen molar-refractivity contribution in [2.45, 2.75) is 13.5 Å². The number of imide groups is 1. The van der Waals surface area contributed by atoms with Crippen molar-refractivity contribution in [2.75, 3.05) is 11.9 Å². The third kappa shape index (κ3) is 5.97. The Labute approximate surface area is 210 Å². The normalized spacial score (nSPS) is 14.2. The molecule has 0 aliphatic carbocycles. The predicted molar refractivity (Wildman–Crippen MR) is 136 cm³/mol. The highest BCUT2D eigenvalue weighted by Gasteiger charge is 2.36. The van der Waals surface area contributed by atoms with Gasteiger partial charge in [0.2, 0.25) is 0 Å². The van der Waals surface area contributed by atoms with E-state index in [1.807, 2.05) is 31.2 Å². The Morgan fingerprint density at radius 1 is 1.06 bits per heavy atom. The van der Waals surface area contributed by atoms with Crippen LogP contribution >= 0.6 is 11.8 Å². The van der Waals surface area contributed by atoms with Crippen molar-refractivity contribution in [3.8, 4) is 5.75 Å². The summed E-state index contributed by atoms with van der Waals surface area (Å²) in [6.07, 6.45) is 1.57. The summed E-state index contributed by atoms with van der Waals surface area (Å²) in [6, 6.07) is 20.1. The number of carbonyl (C=O) groups is 3. The zero-order chi connectivity index (χ0) is 25.7. The van der Waals surface area contributed by atoms with E-state index in [9.17, 15) is 24.5 Å². The minimum Gasteiger partial charge on any atom is -0.484 e. The monoisotopic (exact) mass is 503 g/mol. The van der Waals surface area contributed by atoms with Gasteiger partial charge in [0.25, 0.3) is 22.7 Å². The maximum Gasteiger partial charge on any atom is 0.293 e. The molecule has 10 heteroatoms. The summed E-state index contributed by atoms with van der Waals surface area (Å²) < 4.78 is 5.52. The van der Waals surface area contributed by atoms with Crippen LogP contribution in [0.15, 0.2) is 77.7 Å². The molecular weight excluding hydrogens is 482 g/mol. The lowest BCUT2D eigenvalue weighted by atomic mass is 10.1. The number of hydrogen-bond donors (Lipinski definition) is 1. The third-order valence-electron chi connectivity index (χ3n) is 5.27. The van der Waals surface area contributed by atoms with Crippen LogP contribution in [0.4, 0.5) is 16.2 Å². The van der Waals surface area contributed by atoms with Gasteiger partial charge in [0, 0.05) is 17.3 Å².